The summed E-state index contributed by atoms with van der Waals surface area (Å²) in [7, 11) is 0. The summed E-state index contributed by atoms with van der Waals surface area (Å²) < 4.78 is 18.4. The summed E-state index contributed by atoms with van der Waals surface area (Å²) in [6, 6.07) is 11.0. The molecule has 2 rings (SSSR count). The maximum absolute atomic E-state index is 13.1. The normalized spacial score (nSPS) is 14.4. The van der Waals surface area contributed by atoms with Gasteiger partial charge in [-0.1, -0.05) is 12.1 Å². The van der Waals surface area contributed by atoms with Crippen LogP contribution in [0.5, 0.6) is 0 Å². The summed E-state index contributed by atoms with van der Waals surface area (Å²) in [5, 5.41) is 3.43. The predicted molar refractivity (Wildman–Crippen MR) is 69.8 cm³/mol. The van der Waals surface area contributed by atoms with Crippen LogP contribution in [0.15, 0.2) is 47.1 Å². The topological polar surface area (TPSA) is 25.2 Å². The molecule has 0 fully saturated rings. The molecule has 1 unspecified atom stereocenters. The second-order valence-corrected chi connectivity index (χ2v) is 4.64. The number of hydrogen-bond donors (Lipinski definition) is 1. The van der Waals surface area contributed by atoms with Crippen LogP contribution in [0.1, 0.15) is 31.2 Å². The fourth-order valence-corrected chi connectivity index (χ4v) is 2.12. The summed E-state index contributed by atoms with van der Waals surface area (Å²) in [6.45, 7) is 4.14. The van der Waals surface area contributed by atoms with E-state index in [4.69, 9.17) is 4.42 Å². The van der Waals surface area contributed by atoms with Crippen molar-refractivity contribution in [1.82, 2.24) is 5.32 Å². The first-order valence-electron chi connectivity index (χ1n) is 6.19. The molecule has 0 radical (unpaired) electrons. The number of nitrogens with one attached hydrogen (secondary N) is 1. The van der Waals surface area contributed by atoms with Crippen LogP contribution in [0, 0.1) is 5.82 Å². The maximum Gasteiger partial charge on any atom is 0.123 e. The summed E-state index contributed by atoms with van der Waals surface area (Å²) in [4.78, 5) is 0. The Balaban J connectivity index is 1.91. The van der Waals surface area contributed by atoms with E-state index in [0.29, 0.717) is 0 Å². The van der Waals surface area contributed by atoms with Gasteiger partial charge < -0.3 is 9.73 Å². The Bertz CT molecular complexity index is 481. The molecule has 1 aromatic carbocycles. The molecule has 1 heterocycles. The van der Waals surface area contributed by atoms with Crippen molar-refractivity contribution >= 4 is 0 Å². The lowest BCUT2D eigenvalue weighted by molar-refractivity contribution is 0.397. The zero-order valence-corrected chi connectivity index (χ0v) is 10.7. The van der Waals surface area contributed by atoms with Crippen LogP contribution < -0.4 is 5.32 Å². The third-order valence-electron chi connectivity index (χ3n) is 2.94. The average Bonchev–Trinajstić information content (AvgIpc) is 2.81. The van der Waals surface area contributed by atoms with E-state index < -0.39 is 0 Å². The largest absolute Gasteiger partial charge is 0.468 e. The van der Waals surface area contributed by atoms with Gasteiger partial charge in [-0.05, 0) is 50.1 Å². The molecule has 0 bridgehead atoms. The first-order valence-corrected chi connectivity index (χ1v) is 6.19. The first-order chi connectivity index (χ1) is 8.65. The van der Waals surface area contributed by atoms with Crippen LogP contribution in [0.4, 0.5) is 4.39 Å². The van der Waals surface area contributed by atoms with Crippen molar-refractivity contribution in [3.05, 3.63) is 59.8 Å². The molecular weight excluding hydrogens is 229 g/mol. The lowest BCUT2D eigenvalue weighted by Crippen LogP contribution is -2.30. The summed E-state index contributed by atoms with van der Waals surface area (Å²) >= 11 is 0. The second-order valence-electron chi connectivity index (χ2n) is 4.64. The van der Waals surface area contributed by atoms with Crippen molar-refractivity contribution in [1.29, 1.82) is 0 Å². The van der Waals surface area contributed by atoms with E-state index in [-0.39, 0.29) is 17.9 Å². The van der Waals surface area contributed by atoms with Gasteiger partial charge in [0.2, 0.25) is 0 Å². The predicted octanol–water partition coefficient (Wildman–Crippen LogP) is 3.70. The Hall–Kier alpha value is -1.61. The Morgan fingerprint density at radius 1 is 1.22 bits per heavy atom. The van der Waals surface area contributed by atoms with Crippen molar-refractivity contribution in [3.63, 3.8) is 0 Å². The molecule has 1 N–H and O–H groups in total. The molecule has 18 heavy (non-hydrogen) atoms. The molecule has 2 nitrogen and oxygen atoms in total. The molecule has 1 aromatic heterocycles. The lowest BCUT2D eigenvalue weighted by Gasteiger charge is -2.18. The van der Waals surface area contributed by atoms with Crippen LogP contribution in [0.2, 0.25) is 0 Å². The highest BCUT2D eigenvalue weighted by Gasteiger charge is 2.12. The van der Waals surface area contributed by atoms with E-state index in [1.807, 2.05) is 18.2 Å². The number of rotatable bonds is 5. The van der Waals surface area contributed by atoms with Gasteiger partial charge in [0.1, 0.15) is 11.6 Å². The van der Waals surface area contributed by atoms with Crippen LogP contribution in [-0.4, -0.2) is 6.04 Å². The fourth-order valence-electron chi connectivity index (χ4n) is 2.12. The second kappa shape index (κ2) is 5.83. The van der Waals surface area contributed by atoms with Crippen molar-refractivity contribution < 1.29 is 8.81 Å². The Morgan fingerprint density at radius 2 is 2.06 bits per heavy atom. The molecule has 0 aliphatic carbocycles. The van der Waals surface area contributed by atoms with Gasteiger partial charge in [0.15, 0.2) is 0 Å². The highest BCUT2D eigenvalue weighted by atomic mass is 19.1. The quantitative estimate of drug-likeness (QED) is 0.871. The number of furan rings is 1. The smallest absolute Gasteiger partial charge is 0.123 e. The van der Waals surface area contributed by atoms with Crippen molar-refractivity contribution in [2.75, 3.05) is 0 Å². The molecule has 0 amide bonds. The highest BCUT2D eigenvalue weighted by molar-refractivity contribution is 5.17. The van der Waals surface area contributed by atoms with Gasteiger partial charge in [-0.25, -0.2) is 4.39 Å². The summed E-state index contributed by atoms with van der Waals surface area (Å²) in [6.07, 6.45) is 2.47. The third-order valence-corrected chi connectivity index (χ3v) is 2.94. The zero-order chi connectivity index (χ0) is 13.0. The van der Waals surface area contributed by atoms with E-state index in [2.05, 4.69) is 19.2 Å². The minimum Gasteiger partial charge on any atom is -0.468 e. The molecule has 2 atom stereocenters. The molecule has 3 heteroatoms. The molecule has 0 spiro atoms. The number of hydrogen-bond acceptors (Lipinski definition) is 2. The molecule has 0 saturated carbocycles. The van der Waals surface area contributed by atoms with Crippen LogP contribution in [0.3, 0.4) is 0 Å². The van der Waals surface area contributed by atoms with Gasteiger partial charge >= 0.3 is 0 Å². The van der Waals surface area contributed by atoms with Crippen LogP contribution >= 0.6 is 0 Å². The van der Waals surface area contributed by atoms with Gasteiger partial charge in [0, 0.05) is 6.04 Å². The standard InChI is InChI=1S/C15H18FNO/c1-11(9-13-5-3-6-14(16)10-13)17-12(2)15-7-4-8-18-15/h3-8,10-12,17H,9H2,1-2H3/t11?,12-/m0/s1. The SMILES string of the molecule is CC(Cc1cccc(F)c1)N[C@@H](C)c1ccco1. The Morgan fingerprint density at radius 3 is 2.72 bits per heavy atom. The minimum atomic E-state index is -0.182. The number of halogens is 1. The molecular formula is C15H18FNO. The Kier molecular flexibility index (Phi) is 4.15. The van der Waals surface area contributed by atoms with Gasteiger partial charge in [-0.3, -0.25) is 0 Å². The van der Waals surface area contributed by atoms with Crippen molar-refractivity contribution in [2.24, 2.45) is 0 Å². The van der Waals surface area contributed by atoms with Gasteiger partial charge in [0.25, 0.3) is 0 Å². The van der Waals surface area contributed by atoms with Crippen molar-refractivity contribution in [2.45, 2.75) is 32.4 Å². The highest BCUT2D eigenvalue weighted by Crippen LogP contribution is 2.14. The molecule has 0 aliphatic rings. The molecule has 2 aromatic rings. The molecule has 0 saturated heterocycles. The van der Waals surface area contributed by atoms with E-state index >= 15 is 0 Å². The zero-order valence-electron chi connectivity index (χ0n) is 10.7. The van der Waals surface area contributed by atoms with Gasteiger partial charge in [-0.15, -0.1) is 0 Å². The van der Waals surface area contributed by atoms with E-state index in [9.17, 15) is 4.39 Å². The maximum atomic E-state index is 13.1. The first kappa shape index (κ1) is 12.8. The van der Waals surface area contributed by atoms with Crippen LogP contribution in [-0.2, 0) is 6.42 Å². The summed E-state index contributed by atoms with van der Waals surface area (Å²) in [5.41, 5.74) is 1.00. The Labute approximate surface area is 107 Å². The van der Waals surface area contributed by atoms with Crippen LogP contribution in [0.25, 0.3) is 0 Å². The van der Waals surface area contributed by atoms with E-state index in [1.165, 1.54) is 6.07 Å². The molecule has 0 aliphatic heterocycles. The fraction of sp³-hybridized carbons (Fsp3) is 0.333. The molecule has 96 valence electrons. The van der Waals surface area contributed by atoms with E-state index in [1.54, 1.807) is 18.4 Å². The lowest BCUT2D eigenvalue weighted by atomic mass is 10.1. The van der Waals surface area contributed by atoms with Gasteiger partial charge in [-0.2, -0.15) is 0 Å². The third kappa shape index (κ3) is 3.44. The average molecular weight is 247 g/mol. The monoisotopic (exact) mass is 247 g/mol. The summed E-state index contributed by atoms with van der Waals surface area (Å²) in [5.74, 6) is 0.736. The van der Waals surface area contributed by atoms with Gasteiger partial charge in [0.05, 0.1) is 12.3 Å². The minimum absolute atomic E-state index is 0.156. The van der Waals surface area contributed by atoms with E-state index in [0.717, 1.165) is 17.7 Å². The number of benzene rings is 1. The van der Waals surface area contributed by atoms with Crippen molar-refractivity contribution in [3.8, 4) is 0 Å².